The molecule has 1 amide bonds. The molecular formula is C15H27N7O3S. The van der Waals surface area contributed by atoms with Gasteiger partial charge >= 0.3 is 0 Å². The van der Waals surface area contributed by atoms with Gasteiger partial charge in [0.1, 0.15) is 0 Å². The van der Waals surface area contributed by atoms with Crippen LogP contribution >= 0.6 is 0 Å². The number of rotatable bonds is 7. The SMILES string of the molecule is CN(C)c1nc(CNC(=O)CN(C)S(C)(=O)=O)nc(N2CCCCC2)n1. The van der Waals surface area contributed by atoms with Crippen molar-refractivity contribution in [1.82, 2.24) is 24.6 Å². The van der Waals surface area contributed by atoms with E-state index in [1.165, 1.54) is 13.5 Å². The maximum absolute atomic E-state index is 12.0. The van der Waals surface area contributed by atoms with Crippen molar-refractivity contribution in [3.63, 3.8) is 0 Å². The van der Waals surface area contributed by atoms with Crippen molar-refractivity contribution in [3.05, 3.63) is 5.82 Å². The number of aromatic nitrogens is 3. The highest BCUT2D eigenvalue weighted by Gasteiger charge is 2.18. The molecule has 1 aliphatic heterocycles. The largest absolute Gasteiger partial charge is 0.348 e. The number of piperidine rings is 1. The Morgan fingerprint density at radius 2 is 1.77 bits per heavy atom. The van der Waals surface area contributed by atoms with E-state index in [1.54, 1.807) is 4.90 Å². The number of nitrogens with zero attached hydrogens (tertiary/aromatic N) is 6. The Morgan fingerprint density at radius 1 is 1.12 bits per heavy atom. The van der Waals surface area contributed by atoms with Crippen LogP contribution < -0.4 is 15.1 Å². The minimum absolute atomic E-state index is 0.112. The lowest BCUT2D eigenvalue weighted by molar-refractivity contribution is -0.121. The highest BCUT2D eigenvalue weighted by molar-refractivity contribution is 7.88. The number of hydrogen-bond donors (Lipinski definition) is 1. The number of carbonyl (C=O) groups is 1. The van der Waals surface area contributed by atoms with Crippen LogP contribution in [0.5, 0.6) is 0 Å². The average Bonchev–Trinajstić information content (AvgIpc) is 2.59. The number of amides is 1. The van der Waals surface area contributed by atoms with Crippen LogP contribution in [-0.4, -0.2) is 80.6 Å². The predicted octanol–water partition coefficient (Wildman–Crippen LogP) is -0.564. The van der Waals surface area contributed by atoms with Crippen LogP contribution in [0.2, 0.25) is 0 Å². The number of sulfonamides is 1. The third-order valence-electron chi connectivity index (χ3n) is 4.07. The Kier molecular flexibility index (Phi) is 6.70. The number of nitrogens with one attached hydrogen (secondary N) is 1. The zero-order valence-corrected chi connectivity index (χ0v) is 16.6. The smallest absolute Gasteiger partial charge is 0.235 e. The van der Waals surface area contributed by atoms with Crippen LogP contribution in [-0.2, 0) is 21.4 Å². The summed E-state index contributed by atoms with van der Waals surface area (Å²) < 4.78 is 23.8. The molecular weight excluding hydrogens is 358 g/mol. The van der Waals surface area contributed by atoms with E-state index in [4.69, 9.17) is 0 Å². The molecule has 1 aromatic rings. The summed E-state index contributed by atoms with van der Waals surface area (Å²) in [7, 11) is 1.65. The first-order valence-electron chi connectivity index (χ1n) is 8.52. The lowest BCUT2D eigenvalue weighted by atomic mass is 10.1. The topological polar surface area (TPSA) is 112 Å². The Bertz CT molecular complexity index is 733. The summed E-state index contributed by atoms with van der Waals surface area (Å²) in [6.07, 6.45) is 4.47. The van der Waals surface area contributed by atoms with Gasteiger partial charge in [-0.3, -0.25) is 4.79 Å². The van der Waals surface area contributed by atoms with E-state index in [1.807, 2.05) is 14.1 Å². The molecule has 0 aromatic carbocycles. The van der Waals surface area contributed by atoms with Crippen molar-refractivity contribution < 1.29 is 13.2 Å². The van der Waals surface area contributed by atoms with E-state index in [2.05, 4.69) is 25.2 Å². The van der Waals surface area contributed by atoms with Gasteiger partial charge in [0, 0.05) is 34.2 Å². The van der Waals surface area contributed by atoms with E-state index in [9.17, 15) is 13.2 Å². The van der Waals surface area contributed by atoms with Crippen LogP contribution in [0.4, 0.5) is 11.9 Å². The minimum Gasteiger partial charge on any atom is -0.348 e. The summed E-state index contributed by atoms with van der Waals surface area (Å²) in [4.78, 5) is 29.2. The molecule has 1 N–H and O–H groups in total. The van der Waals surface area contributed by atoms with Crippen LogP contribution in [0.25, 0.3) is 0 Å². The fourth-order valence-electron chi connectivity index (χ4n) is 2.46. The highest BCUT2D eigenvalue weighted by atomic mass is 32.2. The fraction of sp³-hybridized carbons (Fsp3) is 0.733. The van der Waals surface area contributed by atoms with Crippen LogP contribution in [0, 0.1) is 0 Å². The Balaban J connectivity index is 2.07. The first-order valence-corrected chi connectivity index (χ1v) is 10.4. The van der Waals surface area contributed by atoms with Crippen molar-refractivity contribution in [1.29, 1.82) is 0 Å². The van der Waals surface area contributed by atoms with Crippen molar-refractivity contribution in [2.24, 2.45) is 0 Å². The van der Waals surface area contributed by atoms with Crippen molar-refractivity contribution in [3.8, 4) is 0 Å². The monoisotopic (exact) mass is 385 g/mol. The molecule has 11 heteroatoms. The Hall–Kier alpha value is -2.01. The second-order valence-electron chi connectivity index (χ2n) is 6.59. The molecule has 1 saturated heterocycles. The van der Waals surface area contributed by atoms with E-state index < -0.39 is 15.9 Å². The molecule has 2 rings (SSSR count). The Morgan fingerprint density at radius 3 is 2.35 bits per heavy atom. The van der Waals surface area contributed by atoms with Crippen LogP contribution in [0.15, 0.2) is 0 Å². The van der Waals surface area contributed by atoms with Crippen molar-refractivity contribution in [2.45, 2.75) is 25.8 Å². The summed E-state index contributed by atoms with van der Waals surface area (Å²) in [5.74, 6) is 1.17. The van der Waals surface area contributed by atoms with Gasteiger partial charge in [0.2, 0.25) is 27.8 Å². The molecule has 0 bridgehead atoms. The summed E-state index contributed by atoms with van der Waals surface area (Å²) in [5.41, 5.74) is 0. The quantitative estimate of drug-likeness (QED) is 0.665. The summed E-state index contributed by atoms with van der Waals surface area (Å²) in [5, 5.41) is 2.66. The first-order chi connectivity index (χ1) is 12.2. The lowest BCUT2D eigenvalue weighted by Gasteiger charge is -2.27. The second-order valence-corrected chi connectivity index (χ2v) is 8.68. The van der Waals surface area contributed by atoms with Gasteiger partial charge in [-0.2, -0.15) is 19.3 Å². The van der Waals surface area contributed by atoms with Gasteiger partial charge in [-0.25, -0.2) is 8.42 Å². The van der Waals surface area contributed by atoms with E-state index >= 15 is 0 Å². The number of hydrogen-bond acceptors (Lipinski definition) is 8. The van der Waals surface area contributed by atoms with Gasteiger partial charge in [0.25, 0.3) is 0 Å². The molecule has 10 nitrogen and oxygen atoms in total. The third kappa shape index (κ3) is 5.77. The first kappa shape index (κ1) is 20.3. The van der Waals surface area contributed by atoms with Gasteiger partial charge < -0.3 is 15.1 Å². The third-order valence-corrected chi connectivity index (χ3v) is 5.33. The van der Waals surface area contributed by atoms with Crippen molar-refractivity contribution >= 4 is 27.8 Å². The number of carbonyl (C=O) groups excluding carboxylic acids is 1. The molecule has 1 aliphatic rings. The van der Waals surface area contributed by atoms with Gasteiger partial charge in [-0.1, -0.05) is 0 Å². The summed E-state index contributed by atoms with van der Waals surface area (Å²) in [6.45, 7) is 1.67. The standard InChI is InChI=1S/C15H27N7O3S/c1-20(2)14-17-12(10-16-13(23)11-21(3)26(4,24)25)18-15(19-14)22-8-6-5-7-9-22/h5-11H2,1-4H3,(H,16,23). The van der Waals surface area contributed by atoms with Gasteiger partial charge in [-0.05, 0) is 19.3 Å². The lowest BCUT2D eigenvalue weighted by Crippen LogP contribution is -2.38. The molecule has 0 unspecified atom stereocenters. The molecule has 0 saturated carbocycles. The van der Waals surface area contributed by atoms with E-state index in [0.29, 0.717) is 17.7 Å². The molecule has 1 aromatic heterocycles. The zero-order valence-electron chi connectivity index (χ0n) is 15.8. The Labute approximate surface area is 154 Å². The molecule has 0 radical (unpaired) electrons. The van der Waals surface area contributed by atoms with E-state index in [0.717, 1.165) is 36.5 Å². The van der Waals surface area contributed by atoms with Gasteiger partial charge in [-0.15, -0.1) is 0 Å². The second kappa shape index (κ2) is 8.58. The minimum atomic E-state index is -3.40. The van der Waals surface area contributed by atoms with Gasteiger partial charge in [0.05, 0.1) is 19.3 Å². The summed E-state index contributed by atoms with van der Waals surface area (Å²) in [6, 6.07) is 0. The molecule has 26 heavy (non-hydrogen) atoms. The fourth-order valence-corrected chi connectivity index (χ4v) is 2.81. The molecule has 0 aliphatic carbocycles. The van der Waals surface area contributed by atoms with Crippen LogP contribution in [0.1, 0.15) is 25.1 Å². The van der Waals surface area contributed by atoms with Crippen LogP contribution in [0.3, 0.4) is 0 Å². The number of likely N-dealkylation sites (N-methyl/N-ethyl adjacent to an activating group) is 1. The molecule has 1 fully saturated rings. The predicted molar refractivity (Wildman–Crippen MR) is 99.5 cm³/mol. The summed E-state index contributed by atoms with van der Waals surface area (Å²) >= 11 is 0. The molecule has 2 heterocycles. The maximum Gasteiger partial charge on any atom is 0.235 e. The molecule has 146 valence electrons. The van der Waals surface area contributed by atoms with E-state index in [-0.39, 0.29) is 13.1 Å². The van der Waals surface area contributed by atoms with Crippen molar-refractivity contribution in [2.75, 3.05) is 56.8 Å². The normalized spacial score (nSPS) is 15.2. The number of anilines is 2. The molecule has 0 spiro atoms. The average molecular weight is 385 g/mol. The van der Waals surface area contributed by atoms with Gasteiger partial charge in [0.15, 0.2) is 5.82 Å². The maximum atomic E-state index is 12.0. The zero-order chi connectivity index (χ0) is 19.3. The highest BCUT2D eigenvalue weighted by Crippen LogP contribution is 2.17. The molecule has 0 atom stereocenters.